The normalized spacial score (nSPS) is 17.0. The van der Waals surface area contributed by atoms with Crippen LogP contribution in [-0.4, -0.2) is 27.2 Å². The minimum atomic E-state index is -0.256. The molecule has 7 heteroatoms. The van der Waals surface area contributed by atoms with Crippen molar-refractivity contribution in [2.45, 2.75) is 69.4 Å². The zero-order chi connectivity index (χ0) is 17.1. The molecule has 1 aliphatic rings. The third-order valence-corrected chi connectivity index (χ3v) is 6.14. The molecule has 5 nitrogen and oxygen atoms in total. The number of anilines is 1. The average Bonchev–Trinajstić information content (AvgIpc) is 3.19. The van der Waals surface area contributed by atoms with Gasteiger partial charge in [0.2, 0.25) is 5.91 Å². The summed E-state index contributed by atoms with van der Waals surface area (Å²) in [6.07, 6.45) is 7.50. The molecule has 2 aromatic rings. The molecule has 0 bridgehead atoms. The SMILES string of the molecule is Cc1nc(S[C@H](C)C(=O)N(c2nccs2)C2CCCCC2)oc1C. The molecule has 0 unspecified atom stereocenters. The van der Waals surface area contributed by atoms with Crippen LogP contribution in [0.15, 0.2) is 21.2 Å². The molecule has 2 aromatic heterocycles. The van der Waals surface area contributed by atoms with Gasteiger partial charge in [-0.05, 0) is 33.6 Å². The van der Waals surface area contributed by atoms with E-state index < -0.39 is 0 Å². The molecule has 24 heavy (non-hydrogen) atoms. The highest BCUT2D eigenvalue weighted by molar-refractivity contribution is 8.00. The molecule has 0 aromatic carbocycles. The number of oxazole rings is 1. The highest BCUT2D eigenvalue weighted by Crippen LogP contribution is 2.32. The maximum Gasteiger partial charge on any atom is 0.256 e. The van der Waals surface area contributed by atoms with E-state index in [1.165, 1.54) is 42.4 Å². The van der Waals surface area contributed by atoms with Gasteiger partial charge < -0.3 is 4.42 Å². The third-order valence-electron chi connectivity index (χ3n) is 4.44. The summed E-state index contributed by atoms with van der Waals surface area (Å²) < 4.78 is 5.62. The minimum absolute atomic E-state index is 0.0929. The molecule has 1 fully saturated rings. The van der Waals surface area contributed by atoms with Gasteiger partial charge in [-0.15, -0.1) is 11.3 Å². The summed E-state index contributed by atoms with van der Waals surface area (Å²) in [7, 11) is 0. The Morgan fingerprint density at radius 1 is 1.38 bits per heavy atom. The Kier molecular flexibility index (Phi) is 5.61. The standard InChI is InChI=1S/C17H23N3O2S2/c1-11-12(2)22-17(19-11)24-13(3)15(21)20(16-18-9-10-23-16)14-7-5-4-6-8-14/h9-10,13-14H,4-8H2,1-3H3/t13-/m1/s1. The zero-order valence-corrected chi connectivity index (χ0v) is 16.0. The number of rotatable bonds is 5. The zero-order valence-electron chi connectivity index (χ0n) is 14.3. The second-order valence-corrected chi connectivity index (χ2v) is 8.36. The molecule has 1 saturated carbocycles. The van der Waals surface area contributed by atoms with Crippen LogP contribution in [0.3, 0.4) is 0 Å². The van der Waals surface area contributed by atoms with E-state index in [1.54, 1.807) is 6.20 Å². The van der Waals surface area contributed by atoms with Crippen molar-refractivity contribution in [1.82, 2.24) is 9.97 Å². The molecule has 1 amide bonds. The summed E-state index contributed by atoms with van der Waals surface area (Å²) in [5, 5.41) is 3.04. The van der Waals surface area contributed by atoms with Gasteiger partial charge in [0, 0.05) is 17.6 Å². The van der Waals surface area contributed by atoms with Crippen LogP contribution in [0, 0.1) is 13.8 Å². The smallest absolute Gasteiger partial charge is 0.256 e. The van der Waals surface area contributed by atoms with E-state index in [-0.39, 0.29) is 17.2 Å². The molecule has 2 heterocycles. The van der Waals surface area contributed by atoms with Crippen LogP contribution in [0.2, 0.25) is 0 Å². The second-order valence-electron chi connectivity index (χ2n) is 6.20. The number of aryl methyl sites for hydroxylation is 2. The van der Waals surface area contributed by atoms with Gasteiger partial charge in [-0.25, -0.2) is 9.97 Å². The van der Waals surface area contributed by atoms with Crippen molar-refractivity contribution in [2.24, 2.45) is 0 Å². The molecule has 3 rings (SSSR count). The molecule has 1 atom stereocenters. The molecule has 130 valence electrons. The summed E-state index contributed by atoms with van der Waals surface area (Å²) in [5.41, 5.74) is 0.876. The topological polar surface area (TPSA) is 59.2 Å². The highest BCUT2D eigenvalue weighted by atomic mass is 32.2. The molecule has 0 radical (unpaired) electrons. The van der Waals surface area contributed by atoms with Crippen molar-refractivity contribution in [1.29, 1.82) is 0 Å². The van der Waals surface area contributed by atoms with Crippen molar-refractivity contribution in [3.63, 3.8) is 0 Å². The number of carbonyl (C=O) groups excluding carboxylic acids is 1. The van der Waals surface area contributed by atoms with Crippen molar-refractivity contribution in [3.8, 4) is 0 Å². The van der Waals surface area contributed by atoms with Crippen molar-refractivity contribution >= 4 is 34.1 Å². The Bertz CT molecular complexity index is 659. The van der Waals surface area contributed by atoms with Gasteiger partial charge in [0.15, 0.2) is 5.13 Å². The monoisotopic (exact) mass is 365 g/mol. The van der Waals surface area contributed by atoms with Crippen LogP contribution in [0.4, 0.5) is 5.13 Å². The molecule has 0 aliphatic heterocycles. The van der Waals surface area contributed by atoms with Crippen LogP contribution in [0.1, 0.15) is 50.5 Å². The summed E-state index contributed by atoms with van der Waals surface area (Å²) in [6, 6.07) is 0.258. The molecule has 1 aliphatic carbocycles. The van der Waals surface area contributed by atoms with E-state index in [0.717, 1.165) is 29.4 Å². The fraction of sp³-hybridized carbons (Fsp3) is 0.588. The third kappa shape index (κ3) is 3.83. The lowest BCUT2D eigenvalue weighted by Gasteiger charge is -2.33. The van der Waals surface area contributed by atoms with E-state index >= 15 is 0 Å². The number of nitrogens with zero attached hydrogens (tertiary/aromatic N) is 3. The number of thioether (sulfide) groups is 1. The van der Waals surface area contributed by atoms with Gasteiger partial charge >= 0.3 is 0 Å². The van der Waals surface area contributed by atoms with Crippen LogP contribution in [0.25, 0.3) is 0 Å². The lowest BCUT2D eigenvalue weighted by molar-refractivity contribution is -0.118. The summed E-state index contributed by atoms with van der Waals surface area (Å²) in [5.74, 6) is 0.900. The number of amides is 1. The largest absolute Gasteiger partial charge is 0.437 e. The van der Waals surface area contributed by atoms with Crippen molar-refractivity contribution in [3.05, 3.63) is 23.0 Å². The van der Waals surface area contributed by atoms with Gasteiger partial charge in [-0.2, -0.15) is 0 Å². The number of hydrogen-bond donors (Lipinski definition) is 0. The lowest BCUT2D eigenvalue weighted by atomic mass is 9.94. The van der Waals surface area contributed by atoms with E-state index in [4.69, 9.17) is 4.42 Å². The predicted molar refractivity (Wildman–Crippen MR) is 97.8 cm³/mol. The van der Waals surface area contributed by atoms with E-state index in [0.29, 0.717) is 5.22 Å². The van der Waals surface area contributed by atoms with Gasteiger partial charge in [0.25, 0.3) is 5.22 Å². The fourth-order valence-electron chi connectivity index (χ4n) is 3.00. The Labute approximate surface area is 150 Å². The molecule has 0 spiro atoms. The molecule has 0 saturated heterocycles. The minimum Gasteiger partial charge on any atom is -0.437 e. The second kappa shape index (κ2) is 7.70. The number of thiazole rings is 1. The summed E-state index contributed by atoms with van der Waals surface area (Å²) in [4.78, 5) is 23.8. The Hall–Kier alpha value is -1.34. The van der Waals surface area contributed by atoms with Gasteiger partial charge in [-0.1, -0.05) is 31.0 Å². The first kappa shape index (κ1) is 17.5. The first-order valence-electron chi connectivity index (χ1n) is 8.39. The van der Waals surface area contributed by atoms with Crippen molar-refractivity contribution in [2.75, 3.05) is 4.90 Å². The van der Waals surface area contributed by atoms with Crippen LogP contribution >= 0.6 is 23.1 Å². The lowest BCUT2D eigenvalue weighted by Crippen LogP contribution is -2.45. The predicted octanol–water partition coefficient (Wildman–Crippen LogP) is 4.59. The maximum atomic E-state index is 13.1. The van der Waals surface area contributed by atoms with E-state index in [1.807, 2.05) is 31.1 Å². The number of aromatic nitrogens is 2. The quantitative estimate of drug-likeness (QED) is 0.725. The Balaban J connectivity index is 1.77. The maximum absolute atomic E-state index is 13.1. The summed E-state index contributed by atoms with van der Waals surface area (Å²) >= 11 is 2.91. The average molecular weight is 366 g/mol. The molecular weight excluding hydrogens is 342 g/mol. The molecular formula is C17H23N3O2S2. The van der Waals surface area contributed by atoms with Crippen LogP contribution < -0.4 is 4.90 Å². The van der Waals surface area contributed by atoms with Gasteiger partial charge in [0.1, 0.15) is 5.76 Å². The van der Waals surface area contributed by atoms with E-state index in [2.05, 4.69) is 9.97 Å². The van der Waals surface area contributed by atoms with Gasteiger partial charge in [-0.3, -0.25) is 9.69 Å². The summed E-state index contributed by atoms with van der Waals surface area (Å²) in [6.45, 7) is 5.73. The highest BCUT2D eigenvalue weighted by Gasteiger charge is 2.32. The number of carbonyl (C=O) groups is 1. The Morgan fingerprint density at radius 3 is 2.71 bits per heavy atom. The number of hydrogen-bond acceptors (Lipinski definition) is 6. The van der Waals surface area contributed by atoms with E-state index in [9.17, 15) is 4.79 Å². The van der Waals surface area contributed by atoms with Gasteiger partial charge in [0.05, 0.1) is 10.9 Å². The fourth-order valence-corrected chi connectivity index (χ4v) is 4.59. The molecule has 0 N–H and O–H groups in total. The van der Waals surface area contributed by atoms with Crippen molar-refractivity contribution < 1.29 is 9.21 Å². The van der Waals surface area contributed by atoms with Crippen LogP contribution in [-0.2, 0) is 4.79 Å². The first-order chi connectivity index (χ1) is 11.6. The van der Waals surface area contributed by atoms with Crippen LogP contribution in [0.5, 0.6) is 0 Å². The first-order valence-corrected chi connectivity index (χ1v) is 10.2. The Morgan fingerprint density at radius 2 is 2.12 bits per heavy atom.